The summed E-state index contributed by atoms with van der Waals surface area (Å²) >= 11 is 1.43. The topological polar surface area (TPSA) is 96.7 Å². The van der Waals surface area contributed by atoms with Crippen molar-refractivity contribution >= 4 is 27.4 Å². The smallest absolute Gasteiger partial charge is 0.223 e. The van der Waals surface area contributed by atoms with Gasteiger partial charge in [-0.3, -0.25) is 9.58 Å². The number of hydrogen-bond donors (Lipinski definition) is 2. The molecule has 12 heteroatoms. The average molecular weight is 534 g/mol. The van der Waals surface area contributed by atoms with Crippen LogP contribution in [0.3, 0.4) is 0 Å². The molecule has 0 unspecified atom stereocenters. The van der Waals surface area contributed by atoms with Crippen molar-refractivity contribution in [3.8, 4) is 21.7 Å². The van der Waals surface area contributed by atoms with Crippen molar-refractivity contribution in [3.63, 3.8) is 0 Å². The summed E-state index contributed by atoms with van der Waals surface area (Å²) in [5.41, 5.74) is 2.87. The quantitative estimate of drug-likeness (QED) is 0.291. The molecule has 1 aliphatic heterocycles. The van der Waals surface area contributed by atoms with E-state index in [1.54, 1.807) is 23.3 Å². The highest BCUT2D eigenvalue weighted by atomic mass is 32.1. The van der Waals surface area contributed by atoms with E-state index in [9.17, 15) is 8.78 Å². The molecule has 0 radical (unpaired) electrons. The Morgan fingerprint density at radius 1 is 1.05 bits per heavy atom. The lowest BCUT2D eigenvalue weighted by Gasteiger charge is -2.27. The SMILES string of the molecule is Fc1cc(-c2cccc3cc(-c4nc(NCCn5ccnn5)ncc4F)sc23)c(CN2CCNCC2)cn1. The predicted octanol–water partition coefficient (Wildman–Crippen LogP) is 3.81. The number of aromatic nitrogens is 6. The van der Waals surface area contributed by atoms with Crippen molar-refractivity contribution < 1.29 is 8.78 Å². The molecule has 0 amide bonds. The number of hydrogen-bond acceptors (Lipinski definition) is 9. The molecule has 1 aromatic carbocycles. The molecule has 194 valence electrons. The number of nitrogens with zero attached hydrogens (tertiary/aromatic N) is 7. The minimum absolute atomic E-state index is 0.220. The zero-order valence-corrected chi connectivity index (χ0v) is 21.3. The summed E-state index contributed by atoms with van der Waals surface area (Å²) in [5.74, 6) is -0.704. The highest BCUT2D eigenvalue weighted by Gasteiger charge is 2.19. The van der Waals surface area contributed by atoms with Gasteiger partial charge >= 0.3 is 0 Å². The van der Waals surface area contributed by atoms with Crippen LogP contribution in [0.25, 0.3) is 31.8 Å². The Bertz CT molecular complexity index is 1550. The van der Waals surface area contributed by atoms with E-state index in [0.29, 0.717) is 30.5 Å². The van der Waals surface area contributed by atoms with Crippen molar-refractivity contribution in [2.45, 2.75) is 13.1 Å². The van der Waals surface area contributed by atoms with Crippen LogP contribution in [-0.4, -0.2) is 67.6 Å². The second-order valence-electron chi connectivity index (χ2n) is 9.01. The Labute approximate surface area is 221 Å². The van der Waals surface area contributed by atoms with Crippen molar-refractivity contribution in [2.24, 2.45) is 0 Å². The molecule has 38 heavy (non-hydrogen) atoms. The minimum atomic E-state index is -0.527. The van der Waals surface area contributed by atoms with E-state index in [1.807, 2.05) is 24.3 Å². The highest BCUT2D eigenvalue weighted by Crippen LogP contribution is 2.40. The molecule has 2 N–H and O–H groups in total. The Morgan fingerprint density at radius 3 is 2.79 bits per heavy atom. The van der Waals surface area contributed by atoms with Crippen LogP contribution in [0.15, 0.2) is 55.1 Å². The molecule has 9 nitrogen and oxygen atoms in total. The van der Waals surface area contributed by atoms with E-state index >= 15 is 0 Å². The molecule has 1 aliphatic rings. The van der Waals surface area contributed by atoms with E-state index in [-0.39, 0.29) is 5.69 Å². The Morgan fingerprint density at radius 2 is 1.95 bits per heavy atom. The molecule has 0 spiro atoms. The predicted molar refractivity (Wildman–Crippen MR) is 143 cm³/mol. The minimum Gasteiger partial charge on any atom is -0.352 e. The van der Waals surface area contributed by atoms with Crippen LogP contribution in [0.1, 0.15) is 5.56 Å². The normalized spacial score (nSPS) is 14.3. The van der Waals surface area contributed by atoms with E-state index in [2.05, 4.69) is 40.8 Å². The zero-order chi connectivity index (χ0) is 25.9. The monoisotopic (exact) mass is 533 g/mol. The molecule has 1 saturated heterocycles. The molecule has 0 atom stereocenters. The number of anilines is 1. The van der Waals surface area contributed by atoms with Crippen molar-refractivity contribution in [1.29, 1.82) is 0 Å². The Balaban J connectivity index is 1.32. The van der Waals surface area contributed by atoms with Crippen LogP contribution in [-0.2, 0) is 13.1 Å². The van der Waals surface area contributed by atoms with Gasteiger partial charge in [0.15, 0.2) is 5.82 Å². The highest BCUT2D eigenvalue weighted by molar-refractivity contribution is 7.22. The van der Waals surface area contributed by atoms with Crippen LogP contribution < -0.4 is 10.6 Å². The van der Waals surface area contributed by atoms with Crippen LogP contribution in [0.2, 0.25) is 0 Å². The van der Waals surface area contributed by atoms with Gasteiger partial charge < -0.3 is 10.6 Å². The fourth-order valence-corrected chi connectivity index (χ4v) is 5.77. The molecule has 5 aromatic rings. The van der Waals surface area contributed by atoms with Gasteiger partial charge in [-0.05, 0) is 22.6 Å². The largest absolute Gasteiger partial charge is 0.352 e. The zero-order valence-electron chi connectivity index (χ0n) is 20.4. The van der Waals surface area contributed by atoms with E-state index < -0.39 is 11.8 Å². The molecular weight excluding hydrogens is 508 g/mol. The fourth-order valence-electron chi connectivity index (χ4n) is 4.60. The van der Waals surface area contributed by atoms with Gasteiger partial charge in [0.2, 0.25) is 11.9 Å². The summed E-state index contributed by atoms with van der Waals surface area (Å²) < 4.78 is 31.9. The van der Waals surface area contributed by atoms with Gasteiger partial charge in [-0.25, -0.2) is 19.3 Å². The lowest BCUT2D eigenvalue weighted by atomic mass is 10.00. The molecular formula is C26H25F2N9S. The maximum atomic E-state index is 14.9. The van der Waals surface area contributed by atoms with E-state index in [0.717, 1.165) is 53.0 Å². The number of piperazine rings is 1. The third-order valence-electron chi connectivity index (χ3n) is 6.46. The van der Waals surface area contributed by atoms with E-state index in [4.69, 9.17) is 0 Å². The van der Waals surface area contributed by atoms with Crippen molar-refractivity contribution in [2.75, 3.05) is 38.0 Å². The lowest BCUT2D eigenvalue weighted by Crippen LogP contribution is -2.43. The van der Waals surface area contributed by atoms with Gasteiger partial charge in [0, 0.05) is 68.0 Å². The number of benzene rings is 1. The lowest BCUT2D eigenvalue weighted by molar-refractivity contribution is 0.233. The first-order valence-corrected chi connectivity index (χ1v) is 13.2. The first-order valence-electron chi connectivity index (χ1n) is 12.4. The van der Waals surface area contributed by atoms with Crippen LogP contribution in [0.4, 0.5) is 14.7 Å². The third kappa shape index (κ3) is 5.23. The molecule has 5 heterocycles. The Hall–Kier alpha value is -3.87. The summed E-state index contributed by atoms with van der Waals surface area (Å²) in [6.45, 7) is 5.46. The van der Waals surface area contributed by atoms with Crippen LogP contribution in [0.5, 0.6) is 0 Å². The molecule has 0 aliphatic carbocycles. The van der Waals surface area contributed by atoms with Crippen LogP contribution >= 0.6 is 11.3 Å². The number of pyridine rings is 1. The van der Waals surface area contributed by atoms with E-state index in [1.165, 1.54) is 23.6 Å². The number of rotatable bonds is 8. The maximum Gasteiger partial charge on any atom is 0.223 e. The maximum absolute atomic E-state index is 14.9. The second kappa shape index (κ2) is 10.9. The average Bonchev–Trinajstić information content (AvgIpc) is 3.61. The van der Waals surface area contributed by atoms with Gasteiger partial charge in [0.25, 0.3) is 0 Å². The number of nitrogens with one attached hydrogen (secondary N) is 2. The number of fused-ring (bicyclic) bond motifs is 1. The summed E-state index contributed by atoms with van der Waals surface area (Å²) in [4.78, 5) is 15.5. The standard InChI is InChI=1S/C26H25F2N9S/c27-21-15-32-26(30-6-10-37-11-7-33-35-37)34-24(21)22-12-17-2-1-3-19(25(17)38-22)20-13-23(28)31-14-18(20)16-36-8-4-29-5-9-36/h1-3,7,11-15,29H,4-6,8-10,16H2,(H,30,32,34). The summed E-state index contributed by atoms with van der Waals surface area (Å²) in [6, 6.07) is 9.30. The first kappa shape index (κ1) is 24.5. The van der Waals surface area contributed by atoms with Crippen molar-refractivity contribution in [3.05, 3.63) is 72.4 Å². The van der Waals surface area contributed by atoms with Gasteiger partial charge in [0.1, 0.15) is 5.69 Å². The van der Waals surface area contributed by atoms with Crippen molar-refractivity contribution in [1.82, 2.24) is 40.2 Å². The summed E-state index contributed by atoms with van der Waals surface area (Å²) in [7, 11) is 0. The molecule has 0 saturated carbocycles. The number of thiophene rings is 1. The third-order valence-corrected chi connectivity index (χ3v) is 7.66. The first-order chi connectivity index (χ1) is 18.6. The van der Waals surface area contributed by atoms with Gasteiger partial charge in [-0.15, -0.1) is 16.4 Å². The van der Waals surface area contributed by atoms with Crippen LogP contribution in [0, 0.1) is 11.8 Å². The molecule has 6 rings (SSSR count). The Kier molecular flexibility index (Phi) is 6.99. The summed E-state index contributed by atoms with van der Waals surface area (Å²) in [5, 5.41) is 15.1. The molecule has 1 fully saturated rings. The van der Waals surface area contributed by atoms with Gasteiger partial charge in [-0.1, -0.05) is 23.4 Å². The molecule has 4 aromatic heterocycles. The number of halogens is 2. The van der Waals surface area contributed by atoms with Gasteiger partial charge in [0.05, 0.1) is 23.8 Å². The molecule has 0 bridgehead atoms. The second-order valence-corrected chi connectivity index (χ2v) is 10.1. The van der Waals surface area contributed by atoms with Gasteiger partial charge in [-0.2, -0.15) is 4.39 Å². The fraction of sp³-hybridized carbons (Fsp3) is 0.269. The summed E-state index contributed by atoms with van der Waals surface area (Å²) in [6.07, 6.45) is 6.17.